The van der Waals surface area contributed by atoms with Crippen molar-refractivity contribution in [3.05, 3.63) is 56.7 Å². The summed E-state index contributed by atoms with van der Waals surface area (Å²) in [5.74, 6) is 0.578. The number of rotatable bonds is 5. The fourth-order valence-corrected chi connectivity index (χ4v) is 3.32. The van der Waals surface area contributed by atoms with Crippen molar-refractivity contribution >= 4 is 11.5 Å². The van der Waals surface area contributed by atoms with E-state index in [1.807, 2.05) is 47.1 Å². The molecular formula is C18H24N4O3. The SMILES string of the molecule is CCn1c2c(c(=O)[nH]c1=O)N(Cc1ccccc1)CN2CC(C)(C)O. The molecule has 0 spiro atoms. The molecule has 1 aliphatic heterocycles. The lowest BCUT2D eigenvalue weighted by Crippen LogP contribution is -2.42. The fourth-order valence-electron chi connectivity index (χ4n) is 3.32. The van der Waals surface area contributed by atoms with Crippen LogP contribution in [-0.2, 0) is 13.1 Å². The number of fused-ring (bicyclic) bond motifs is 1. The minimum atomic E-state index is -0.947. The van der Waals surface area contributed by atoms with Crippen LogP contribution in [-0.4, -0.2) is 33.5 Å². The van der Waals surface area contributed by atoms with Crippen molar-refractivity contribution in [1.29, 1.82) is 0 Å². The van der Waals surface area contributed by atoms with Crippen LogP contribution in [0.15, 0.2) is 39.9 Å². The summed E-state index contributed by atoms with van der Waals surface area (Å²) in [4.78, 5) is 31.0. The fraction of sp³-hybridized carbons (Fsp3) is 0.444. The summed E-state index contributed by atoms with van der Waals surface area (Å²) < 4.78 is 1.55. The first kappa shape index (κ1) is 17.3. The normalized spacial score (nSPS) is 14.1. The van der Waals surface area contributed by atoms with Crippen LogP contribution in [0.2, 0.25) is 0 Å². The number of hydrogen-bond donors (Lipinski definition) is 2. The summed E-state index contributed by atoms with van der Waals surface area (Å²) >= 11 is 0. The molecule has 2 aromatic rings. The van der Waals surface area contributed by atoms with Gasteiger partial charge in [0.2, 0.25) is 0 Å². The van der Waals surface area contributed by atoms with Crippen LogP contribution in [0.1, 0.15) is 26.3 Å². The highest BCUT2D eigenvalue weighted by Crippen LogP contribution is 2.33. The van der Waals surface area contributed by atoms with E-state index < -0.39 is 11.3 Å². The molecule has 7 heteroatoms. The maximum absolute atomic E-state index is 12.5. The zero-order chi connectivity index (χ0) is 18.2. The third kappa shape index (κ3) is 3.46. The second-order valence-electron chi connectivity index (χ2n) is 7.01. The van der Waals surface area contributed by atoms with Crippen molar-refractivity contribution in [2.75, 3.05) is 23.0 Å². The van der Waals surface area contributed by atoms with Crippen LogP contribution in [0.25, 0.3) is 0 Å². The Labute approximate surface area is 146 Å². The van der Waals surface area contributed by atoms with E-state index in [1.54, 1.807) is 18.4 Å². The van der Waals surface area contributed by atoms with Gasteiger partial charge in [-0.25, -0.2) is 4.79 Å². The molecule has 0 unspecified atom stereocenters. The highest BCUT2D eigenvalue weighted by atomic mass is 16.3. The maximum atomic E-state index is 12.5. The van der Waals surface area contributed by atoms with Gasteiger partial charge in [-0.05, 0) is 26.3 Å². The van der Waals surface area contributed by atoms with Crippen LogP contribution in [0.3, 0.4) is 0 Å². The van der Waals surface area contributed by atoms with E-state index >= 15 is 0 Å². The van der Waals surface area contributed by atoms with E-state index in [0.29, 0.717) is 37.8 Å². The van der Waals surface area contributed by atoms with E-state index in [-0.39, 0.29) is 5.56 Å². The molecular weight excluding hydrogens is 320 g/mol. The largest absolute Gasteiger partial charge is 0.389 e. The van der Waals surface area contributed by atoms with E-state index in [1.165, 1.54) is 0 Å². The Morgan fingerprint density at radius 2 is 1.84 bits per heavy atom. The van der Waals surface area contributed by atoms with Crippen molar-refractivity contribution in [3.63, 3.8) is 0 Å². The molecule has 25 heavy (non-hydrogen) atoms. The van der Waals surface area contributed by atoms with E-state index in [4.69, 9.17) is 0 Å². The molecule has 0 bridgehead atoms. The number of aromatic amines is 1. The molecule has 134 valence electrons. The summed E-state index contributed by atoms with van der Waals surface area (Å²) in [6.07, 6.45) is 0. The monoisotopic (exact) mass is 344 g/mol. The second-order valence-corrected chi connectivity index (χ2v) is 7.01. The molecule has 2 heterocycles. The molecule has 0 saturated carbocycles. The van der Waals surface area contributed by atoms with Crippen LogP contribution in [0, 0.1) is 0 Å². The first-order valence-electron chi connectivity index (χ1n) is 8.43. The van der Waals surface area contributed by atoms with Crippen molar-refractivity contribution in [3.8, 4) is 0 Å². The lowest BCUT2D eigenvalue weighted by molar-refractivity contribution is 0.0874. The number of β-amino-alcohol motifs (C(OH)–C–C–N with tert-alkyl or cyclic N) is 1. The Morgan fingerprint density at radius 1 is 1.16 bits per heavy atom. The third-order valence-electron chi connectivity index (χ3n) is 4.22. The Bertz CT molecular complexity index is 865. The van der Waals surface area contributed by atoms with Crippen LogP contribution in [0.5, 0.6) is 0 Å². The van der Waals surface area contributed by atoms with Gasteiger partial charge in [-0.15, -0.1) is 0 Å². The minimum Gasteiger partial charge on any atom is -0.389 e. The first-order chi connectivity index (χ1) is 11.8. The van der Waals surface area contributed by atoms with Gasteiger partial charge in [0.15, 0.2) is 0 Å². The van der Waals surface area contributed by atoms with Gasteiger partial charge < -0.3 is 14.9 Å². The summed E-state index contributed by atoms with van der Waals surface area (Å²) in [5.41, 5.74) is -0.203. The number of aliphatic hydroxyl groups is 1. The Hall–Kier alpha value is -2.54. The Morgan fingerprint density at radius 3 is 2.44 bits per heavy atom. The Kier molecular flexibility index (Phi) is 4.43. The molecule has 1 aromatic heterocycles. The lowest BCUT2D eigenvalue weighted by atomic mass is 10.1. The predicted molar refractivity (Wildman–Crippen MR) is 98.1 cm³/mol. The number of hydrogen-bond acceptors (Lipinski definition) is 5. The highest BCUT2D eigenvalue weighted by Gasteiger charge is 2.34. The molecule has 3 rings (SSSR count). The number of benzene rings is 1. The summed E-state index contributed by atoms with van der Waals surface area (Å²) in [6, 6.07) is 9.87. The molecule has 2 N–H and O–H groups in total. The highest BCUT2D eigenvalue weighted by molar-refractivity contribution is 5.72. The predicted octanol–water partition coefficient (Wildman–Crippen LogP) is 1.11. The smallest absolute Gasteiger partial charge is 0.330 e. The molecule has 0 aliphatic carbocycles. The maximum Gasteiger partial charge on any atom is 0.330 e. The first-order valence-corrected chi connectivity index (χ1v) is 8.43. The number of nitrogens with zero attached hydrogens (tertiary/aromatic N) is 3. The van der Waals surface area contributed by atoms with Crippen molar-refractivity contribution in [1.82, 2.24) is 9.55 Å². The quantitative estimate of drug-likeness (QED) is 0.849. The van der Waals surface area contributed by atoms with Crippen LogP contribution >= 0.6 is 0 Å². The van der Waals surface area contributed by atoms with Crippen molar-refractivity contribution in [2.45, 2.75) is 39.5 Å². The Balaban J connectivity index is 2.09. The molecule has 0 fully saturated rings. The third-order valence-corrected chi connectivity index (χ3v) is 4.22. The van der Waals surface area contributed by atoms with Gasteiger partial charge in [0.25, 0.3) is 5.56 Å². The molecule has 0 atom stereocenters. The van der Waals surface area contributed by atoms with E-state index in [9.17, 15) is 14.7 Å². The summed E-state index contributed by atoms with van der Waals surface area (Å²) in [5, 5.41) is 10.2. The molecule has 1 aliphatic rings. The average molecular weight is 344 g/mol. The molecule has 7 nitrogen and oxygen atoms in total. The standard InChI is InChI=1S/C18H24N4O3/c1-4-22-16-14(15(23)19-17(22)24)20(10-13-8-6-5-7-9-13)12-21(16)11-18(2,3)25/h5-9,25H,4,10-12H2,1-3H3,(H,19,23,24). The van der Waals surface area contributed by atoms with Gasteiger partial charge in [0.05, 0.1) is 12.3 Å². The zero-order valence-electron chi connectivity index (χ0n) is 14.8. The van der Waals surface area contributed by atoms with Crippen molar-refractivity contribution in [2.24, 2.45) is 0 Å². The van der Waals surface area contributed by atoms with Gasteiger partial charge in [0, 0.05) is 19.6 Å². The van der Waals surface area contributed by atoms with Crippen LogP contribution < -0.4 is 21.0 Å². The number of H-pyrrole nitrogens is 1. The summed E-state index contributed by atoms with van der Waals surface area (Å²) in [6.45, 7) is 7.07. The topological polar surface area (TPSA) is 81.6 Å². The molecule has 0 amide bonds. The minimum absolute atomic E-state index is 0.328. The van der Waals surface area contributed by atoms with E-state index in [2.05, 4.69) is 4.98 Å². The zero-order valence-corrected chi connectivity index (χ0v) is 14.8. The van der Waals surface area contributed by atoms with E-state index in [0.717, 1.165) is 5.56 Å². The average Bonchev–Trinajstić information content (AvgIpc) is 2.85. The molecule has 0 saturated heterocycles. The lowest BCUT2D eigenvalue weighted by Gasteiger charge is -2.28. The van der Waals surface area contributed by atoms with Gasteiger partial charge in [-0.1, -0.05) is 30.3 Å². The second kappa shape index (κ2) is 6.40. The molecule has 0 radical (unpaired) electrons. The van der Waals surface area contributed by atoms with Gasteiger partial charge >= 0.3 is 5.69 Å². The van der Waals surface area contributed by atoms with Gasteiger partial charge in [0.1, 0.15) is 11.5 Å². The number of aromatic nitrogens is 2. The van der Waals surface area contributed by atoms with Crippen molar-refractivity contribution < 1.29 is 5.11 Å². The number of anilines is 2. The van der Waals surface area contributed by atoms with Gasteiger partial charge in [-0.3, -0.25) is 14.3 Å². The summed E-state index contributed by atoms with van der Waals surface area (Å²) in [7, 11) is 0. The molecule has 1 aromatic carbocycles. The number of nitrogens with one attached hydrogen (secondary N) is 1. The van der Waals surface area contributed by atoms with Crippen LogP contribution in [0.4, 0.5) is 11.5 Å². The van der Waals surface area contributed by atoms with Gasteiger partial charge in [-0.2, -0.15) is 0 Å².